The number of rotatable bonds is 3. The number of carbonyl (C=O) groups excluding carboxylic acids is 2. The van der Waals surface area contributed by atoms with E-state index in [1.807, 2.05) is 13.8 Å². The first-order valence-corrected chi connectivity index (χ1v) is 8.94. The summed E-state index contributed by atoms with van der Waals surface area (Å²) in [6.45, 7) is 4.77. The lowest BCUT2D eigenvalue weighted by Crippen LogP contribution is -2.50. The molecule has 1 aliphatic heterocycles. The number of nitrogens with one attached hydrogen (secondary N) is 1. The fourth-order valence-electron chi connectivity index (χ4n) is 3.25. The van der Waals surface area contributed by atoms with Crippen LogP contribution in [-0.2, 0) is 11.8 Å². The Morgan fingerprint density at radius 1 is 1.23 bits per heavy atom. The largest absolute Gasteiger partial charge is 0.351 e. The zero-order valence-electron chi connectivity index (χ0n) is 15.4. The molecule has 1 aromatic carbocycles. The maximum Gasteiger partial charge on any atom is 0.275 e. The Labute approximate surface area is 152 Å². The van der Waals surface area contributed by atoms with Crippen LogP contribution < -0.4 is 10.9 Å². The van der Waals surface area contributed by atoms with Gasteiger partial charge in [0.15, 0.2) is 5.69 Å². The van der Waals surface area contributed by atoms with Crippen molar-refractivity contribution in [2.45, 2.75) is 32.7 Å². The molecule has 2 heterocycles. The fourth-order valence-corrected chi connectivity index (χ4v) is 3.25. The summed E-state index contributed by atoms with van der Waals surface area (Å²) >= 11 is 0. The summed E-state index contributed by atoms with van der Waals surface area (Å²) in [5, 5.41) is 8.26. The molecule has 138 valence electrons. The molecular weight excluding hydrogens is 332 g/mol. The Morgan fingerprint density at radius 3 is 2.62 bits per heavy atom. The van der Waals surface area contributed by atoms with Crippen LogP contribution in [0.5, 0.6) is 0 Å². The van der Waals surface area contributed by atoms with Gasteiger partial charge in [-0.3, -0.25) is 14.4 Å². The molecule has 1 saturated heterocycles. The zero-order valence-corrected chi connectivity index (χ0v) is 15.4. The minimum atomic E-state index is -0.224. The highest BCUT2D eigenvalue weighted by Gasteiger charge is 2.28. The van der Waals surface area contributed by atoms with Gasteiger partial charge in [-0.05, 0) is 18.9 Å². The lowest BCUT2D eigenvalue weighted by atomic mass is 10.0. The molecule has 0 aliphatic carbocycles. The number of hydrogen-bond acceptors (Lipinski definition) is 4. The molecule has 7 heteroatoms. The fraction of sp³-hybridized carbons (Fsp3) is 0.474. The Kier molecular flexibility index (Phi) is 5.06. The summed E-state index contributed by atoms with van der Waals surface area (Å²) in [5.74, 6) is -0.300. The van der Waals surface area contributed by atoms with E-state index >= 15 is 0 Å². The van der Waals surface area contributed by atoms with Gasteiger partial charge >= 0.3 is 0 Å². The summed E-state index contributed by atoms with van der Waals surface area (Å²) in [4.78, 5) is 39.0. The highest BCUT2D eigenvalue weighted by Crippen LogP contribution is 2.18. The lowest BCUT2D eigenvalue weighted by Gasteiger charge is -2.33. The van der Waals surface area contributed by atoms with Crippen molar-refractivity contribution in [3.8, 4) is 0 Å². The lowest BCUT2D eigenvalue weighted by molar-refractivity contribution is -0.125. The Morgan fingerprint density at radius 2 is 1.92 bits per heavy atom. The average molecular weight is 356 g/mol. The first kappa shape index (κ1) is 18.1. The molecule has 1 fully saturated rings. The first-order chi connectivity index (χ1) is 12.4. The minimum Gasteiger partial charge on any atom is -0.351 e. The maximum absolute atomic E-state index is 13.1. The van der Waals surface area contributed by atoms with Crippen molar-refractivity contribution >= 4 is 22.6 Å². The molecule has 1 N–H and O–H groups in total. The summed E-state index contributed by atoms with van der Waals surface area (Å²) in [6, 6.07) is 6.97. The number of carbonyl (C=O) groups is 2. The van der Waals surface area contributed by atoms with Crippen LogP contribution in [0.25, 0.3) is 10.8 Å². The van der Waals surface area contributed by atoms with E-state index in [-0.39, 0.29) is 35.0 Å². The number of benzene rings is 1. The van der Waals surface area contributed by atoms with Crippen LogP contribution in [0, 0.1) is 5.92 Å². The third-order valence-corrected chi connectivity index (χ3v) is 4.74. The number of aromatic nitrogens is 2. The van der Waals surface area contributed by atoms with Crippen molar-refractivity contribution in [3.05, 3.63) is 40.3 Å². The molecule has 0 saturated carbocycles. The second kappa shape index (κ2) is 7.27. The van der Waals surface area contributed by atoms with E-state index in [1.165, 1.54) is 4.68 Å². The number of fused-ring (bicyclic) bond motifs is 1. The van der Waals surface area contributed by atoms with E-state index < -0.39 is 0 Å². The van der Waals surface area contributed by atoms with Gasteiger partial charge < -0.3 is 10.2 Å². The molecule has 2 amide bonds. The van der Waals surface area contributed by atoms with Crippen LogP contribution >= 0.6 is 0 Å². The third-order valence-electron chi connectivity index (χ3n) is 4.74. The van der Waals surface area contributed by atoms with Crippen molar-refractivity contribution in [2.24, 2.45) is 13.0 Å². The quantitative estimate of drug-likeness (QED) is 0.899. The van der Waals surface area contributed by atoms with E-state index in [0.29, 0.717) is 23.9 Å². The number of nitrogens with zero attached hydrogens (tertiary/aromatic N) is 3. The topological polar surface area (TPSA) is 84.3 Å². The minimum absolute atomic E-state index is 0.00465. The van der Waals surface area contributed by atoms with Crippen molar-refractivity contribution < 1.29 is 9.59 Å². The van der Waals surface area contributed by atoms with Gasteiger partial charge in [-0.2, -0.15) is 5.10 Å². The SMILES string of the molecule is CC(C)C(=O)NC1CCCN(C(=O)c2nn(C)c(=O)c3ccccc23)C1. The van der Waals surface area contributed by atoms with Gasteiger partial charge in [0.1, 0.15) is 0 Å². The summed E-state index contributed by atoms with van der Waals surface area (Å²) < 4.78 is 1.21. The Bertz CT molecular complexity index is 903. The van der Waals surface area contributed by atoms with E-state index in [1.54, 1.807) is 36.2 Å². The zero-order chi connectivity index (χ0) is 18.8. The Hall–Kier alpha value is -2.70. The second-order valence-electron chi connectivity index (χ2n) is 7.08. The van der Waals surface area contributed by atoms with E-state index in [2.05, 4.69) is 10.4 Å². The van der Waals surface area contributed by atoms with E-state index in [0.717, 1.165) is 12.8 Å². The van der Waals surface area contributed by atoms with E-state index in [4.69, 9.17) is 0 Å². The maximum atomic E-state index is 13.1. The molecule has 26 heavy (non-hydrogen) atoms. The van der Waals surface area contributed by atoms with Crippen LogP contribution in [0.15, 0.2) is 29.1 Å². The molecule has 3 rings (SSSR count). The summed E-state index contributed by atoms with van der Waals surface area (Å²) in [7, 11) is 1.55. The van der Waals surface area contributed by atoms with Crippen LogP contribution in [-0.4, -0.2) is 45.6 Å². The molecule has 1 aromatic heterocycles. The van der Waals surface area contributed by atoms with Crippen molar-refractivity contribution in [3.63, 3.8) is 0 Å². The van der Waals surface area contributed by atoms with Gasteiger partial charge in [0, 0.05) is 37.5 Å². The number of piperidine rings is 1. The van der Waals surface area contributed by atoms with Crippen LogP contribution in [0.1, 0.15) is 37.2 Å². The molecule has 7 nitrogen and oxygen atoms in total. The predicted octanol–water partition coefficient (Wildman–Crippen LogP) is 1.31. The van der Waals surface area contributed by atoms with Gasteiger partial charge in [0.25, 0.3) is 11.5 Å². The van der Waals surface area contributed by atoms with Crippen LogP contribution in [0.4, 0.5) is 0 Å². The second-order valence-corrected chi connectivity index (χ2v) is 7.08. The van der Waals surface area contributed by atoms with Crippen LogP contribution in [0.2, 0.25) is 0 Å². The highest BCUT2D eigenvalue weighted by molar-refractivity contribution is 6.04. The third kappa shape index (κ3) is 3.47. The molecule has 2 aromatic rings. The van der Waals surface area contributed by atoms with Crippen LogP contribution in [0.3, 0.4) is 0 Å². The average Bonchev–Trinajstić information content (AvgIpc) is 2.64. The van der Waals surface area contributed by atoms with Gasteiger partial charge in [-0.1, -0.05) is 32.0 Å². The predicted molar refractivity (Wildman–Crippen MR) is 98.9 cm³/mol. The normalized spacial score (nSPS) is 17.5. The summed E-state index contributed by atoms with van der Waals surface area (Å²) in [6.07, 6.45) is 1.67. The molecule has 1 atom stereocenters. The van der Waals surface area contributed by atoms with Gasteiger partial charge in [-0.25, -0.2) is 4.68 Å². The molecule has 0 bridgehead atoms. The van der Waals surface area contributed by atoms with Crippen molar-refractivity contribution in [1.82, 2.24) is 20.0 Å². The molecule has 0 radical (unpaired) electrons. The number of amides is 2. The highest BCUT2D eigenvalue weighted by atomic mass is 16.2. The van der Waals surface area contributed by atoms with Gasteiger partial charge in [0.2, 0.25) is 5.91 Å². The van der Waals surface area contributed by atoms with Gasteiger partial charge in [-0.15, -0.1) is 0 Å². The standard InChI is InChI=1S/C19H24N4O3/c1-12(2)17(24)20-13-7-6-10-23(11-13)19(26)16-14-8-4-5-9-15(14)18(25)22(3)21-16/h4-5,8-9,12-13H,6-7,10-11H2,1-3H3,(H,20,24). The molecular formula is C19H24N4O3. The molecule has 1 unspecified atom stereocenters. The Balaban J connectivity index is 1.88. The van der Waals surface area contributed by atoms with Crippen molar-refractivity contribution in [1.29, 1.82) is 0 Å². The van der Waals surface area contributed by atoms with Crippen molar-refractivity contribution in [2.75, 3.05) is 13.1 Å². The van der Waals surface area contributed by atoms with Gasteiger partial charge in [0.05, 0.1) is 5.39 Å². The molecule has 0 spiro atoms. The number of hydrogen-bond donors (Lipinski definition) is 1. The molecule has 1 aliphatic rings. The van der Waals surface area contributed by atoms with E-state index in [9.17, 15) is 14.4 Å². The summed E-state index contributed by atoms with van der Waals surface area (Å²) in [5.41, 5.74) is 0.0522. The monoisotopic (exact) mass is 356 g/mol. The number of aryl methyl sites for hydroxylation is 1. The number of likely N-dealkylation sites (tertiary alicyclic amines) is 1. The smallest absolute Gasteiger partial charge is 0.275 e. The first-order valence-electron chi connectivity index (χ1n) is 8.94.